The summed E-state index contributed by atoms with van der Waals surface area (Å²) in [6.07, 6.45) is 0. The van der Waals surface area contributed by atoms with Crippen molar-refractivity contribution in [1.29, 1.82) is 0 Å². The summed E-state index contributed by atoms with van der Waals surface area (Å²) in [6, 6.07) is 47.2. The van der Waals surface area contributed by atoms with E-state index in [9.17, 15) is 0 Å². The van der Waals surface area contributed by atoms with Gasteiger partial charge in [0, 0.05) is 18.8 Å². The minimum absolute atomic E-state index is 0. The zero-order valence-corrected chi connectivity index (χ0v) is 29.8. The Bertz CT molecular complexity index is 1580. The molecular formula is C39H41Cl2NZr-2. The maximum absolute atomic E-state index is 2.40. The van der Waals surface area contributed by atoms with Gasteiger partial charge in [0.25, 0.3) is 0 Å². The molecule has 0 fully saturated rings. The van der Waals surface area contributed by atoms with Crippen molar-refractivity contribution in [3.63, 3.8) is 0 Å². The molecule has 43 heavy (non-hydrogen) atoms. The minimum Gasteiger partial charge on any atom is -0.214 e. The quantitative estimate of drug-likeness (QED) is 0.248. The van der Waals surface area contributed by atoms with Gasteiger partial charge in [-0.15, -0.1) is 33.7 Å². The van der Waals surface area contributed by atoms with Crippen molar-refractivity contribution in [2.45, 2.75) is 40.0 Å². The fourth-order valence-corrected chi connectivity index (χ4v) is 5.78. The number of hydrogen-bond acceptors (Lipinski definition) is 1. The van der Waals surface area contributed by atoms with Crippen molar-refractivity contribution in [2.75, 3.05) is 18.0 Å². The molecule has 6 aromatic carbocycles. The predicted octanol–water partition coefficient (Wildman–Crippen LogP) is 4.07. The number of fused-ring (bicyclic) bond motifs is 3. The molecule has 0 spiro atoms. The van der Waals surface area contributed by atoms with Crippen LogP contribution < -0.4 is 29.7 Å². The Morgan fingerprint density at radius 1 is 0.651 bits per heavy atom. The van der Waals surface area contributed by atoms with Crippen LogP contribution in [0.3, 0.4) is 0 Å². The van der Waals surface area contributed by atoms with Gasteiger partial charge in [-0.1, -0.05) is 56.7 Å². The van der Waals surface area contributed by atoms with Crippen molar-refractivity contribution in [2.24, 2.45) is 0 Å². The number of halogens is 2. The molecule has 0 bridgehead atoms. The Morgan fingerprint density at radius 3 is 1.58 bits per heavy atom. The summed E-state index contributed by atoms with van der Waals surface area (Å²) in [5.41, 5.74) is 5.58. The van der Waals surface area contributed by atoms with Crippen molar-refractivity contribution < 1.29 is 49.0 Å². The van der Waals surface area contributed by atoms with Crippen LogP contribution in [0, 0.1) is 0 Å². The van der Waals surface area contributed by atoms with Crippen LogP contribution in [0.1, 0.15) is 51.3 Å². The van der Waals surface area contributed by atoms with E-state index in [2.05, 4.69) is 143 Å². The maximum atomic E-state index is 2.40. The van der Waals surface area contributed by atoms with Gasteiger partial charge in [0.1, 0.15) is 0 Å². The second kappa shape index (κ2) is 17.5. The second-order valence-corrected chi connectivity index (χ2v) is 12.4. The van der Waals surface area contributed by atoms with Crippen molar-refractivity contribution in [1.82, 2.24) is 0 Å². The third-order valence-corrected chi connectivity index (χ3v) is 8.78. The summed E-state index contributed by atoms with van der Waals surface area (Å²) in [5.74, 6) is 0. The smallest absolute Gasteiger partial charge is 0.172 e. The molecular weight excluding hydrogens is 645 g/mol. The molecule has 0 aromatic heterocycles. The van der Waals surface area contributed by atoms with Gasteiger partial charge in [-0.3, -0.25) is 0 Å². The molecule has 0 amide bonds. The summed E-state index contributed by atoms with van der Waals surface area (Å²) in [4.78, 5) is 2.40. The number of anilines is 1. The molecule has 0 saturated heterocycles. The molecule has 6 aromatic rings. The Labute approximate surface area is 285 Å². The molecule has 4 heteroatoms. The van der Waals surface area contributed by atoms with Crippen LogP contribution in [0.15, 0.2) is 133 Å². The van der Waals surface area contributed by atoms with Gasteiger partial charge in [-0.05, 0) is 19.3 Å². The monoisotopic (exact) mass is 683 g/mol. The van der Waals surface area contributed by atoms with Crippen LogP contribution in [0.5, 0.6) is 0 Å². The molecule has 0 N–H and O–H groups in total. The minimum atomic E-state index is 0. The standard InChI is InChI=1S/C21H26N.C13H10.C5H5.2ClH.Zr/c1-6-22(7-2)18-9-11-20-16(14-18)12-15-13-17(21(3,4)5)8-10-19(15)20;1-3-7-12(8-4-1)11-13-9-5-2-6-10-13;1-2-4-5-3-1;;;/h8-14H,6-7H2,1-5H3;1-10H;1-5H;2*1H;/q-1;;-1;;;+2/p-2. The third kappa shape index (κ3) is 9.87. The number of nitrogens with zero attached hydrogens (tertiary/aromatic N) is 1. The van der Waals surface area contributed by atoms with Crippen molar-refractivity contribution in [3.05, 3.63) is 150 Å². The van der Waals surface area contributed by atoms with Gasteiger partial charge in [0.05, 0.1) is 0 Å². The van der Waals surface area contributed by atoms with Gasteiger partial charge in [-0.25, -0.2) is 12.1 Å². The summed E-state index contributed by atoms with van der Waals surface area (Å²) in [7, 11) is 0. The van der Waals surface area contributed by atoms with E-state index in [1.54, 1.807) is 0 Å². The maximum Gasteiger partial charge on any atom is -0.172 e. The average molecular weight is 686 g/mol. The molecule has 0 radical (unpaired) electrons. The average Bonchev–Trinajstić information content (AvgIpc) is 3.70. The molecule has 222 valence electrons. The van der Waals surface area contributed by atoms with Gasteiger partial charge in [0.15, 0.2) is 0 Å². The number of benzene rings is 4. The summed E-state index contributed by atoms with van der Waals surface area (Å²) in [6.45, 7) is 13.3. The van der Waals surface area contributed by atoms with E-state index in [4.69, 9.17) is 0 Å². The predicted molar refractivity (Wildman–Crippen MR) is 177 cm³/mol. The van der Waals surface area contributed by atoms with E-state index < -0.39 is 0 Å². The Hall–Kier alpha value is -2.77. The van der Waals surface area contributed by atoms with Gasteiger partial charge < -0.3 is 29.7 Å². The van der Waals surface area contributed by atoms with E-state index in [1.807, 2.05) is 30.3 Å². The van der Waals surface area contributed by atoms with Gasteiger partial charge >= 0.3 is 99.2 Å². The SMILES string of the molecule is CCN(CC)c1ccc2c(c1)[cH-]c1cc(C(C)(C)C)ccc12.[Cl-].[Cl-].[Zr+2]=[C](c1ccccc1)c1ccccc1.c1cc[cH-]c1. The Morgan fingerprint density at radius 2 is 1.14 bits per heavy atom. The number of hydrogen-bond donors (Lipinski definition) is 0. The molecule has 6 rings (SSSR count). The molecule has 1 nitrogen and oxygen atoms in total. The van der Waals surface area contributed by atoms with E-state index in [0.717, 1.165) is 13.1 Å². The molecule has 0 unspecified atom stereocenters. The molecule has 0 aliphatic rings. The van der Waals surface area contributed by atoms with E-state index in [1.165, 1.54) is 71.4 Å². The molecule has 0 aliphatic carbocycles. The fourth-order valence-electron chi connectivity index (χ4n) is 4.96. The van der Waals surface area contributed by atoms with E-state index in [0.29, 0.717) is 0 Å². The van der Waals surface area contributed by atoms with Crippen LogP contribution in [-0.4, -0.2) is 16.3 Å². The van der Waals surface area contributed by atoms with Crippen molar-refractivity contribution >= 4 is 30.4 Å². The van der Waals surface area contributed by atoms with Gasteiger partial charge in [-0.2, -0.15) is 18.2 Å². The van der Waals surface area contributed by atoms with Crippen LogP contribution in [-0.2, 0) is 29.7 Å². The zero-order chi connectivity index (χ0) is 29.2. The molecule has 0 aliphatic heterocycles. The third-order valence-electron chi connectivity index (χ3n) is 7.36. The molecule has 0 saturated carbocycles. The Kier molecular flexibility index (Phi) is 14.8. The first kappa shape index (κ1) is 36.4. The second-order valence-electron chi connectivity index (χ2n) is 11.2. The zero-order valence-electron chi connectivity index (χ0n) is 25.8. The van der Waals surface area contributed by atoms with E-state index >= 15 is 0 Å². The van der Waals surface area contributed by atoms with Crippen LogP contribution in [0.2, 0.25) is 0 Å². The summed E-state index contributed by atoms with van der Waals surface area (Å²) >= 11 is 1.46. The van der Waals surface area contributed by atoms with Crippen LogP contribution >= 0.6 is 0 Å². The molecule has 0 heterocycles. The van der Waals surface area contributed by atoms with Gasteiger partial charge in [0.2, 0.25) is 0 Å². The van der Waals surface area contributed by atoms with Crippen molar-refractivity contribution in [3.8, 4) is 0 Å². The van der Waals surface area contributed by atoms with Crippen LogP contribution in [0.25, 0.3) is 21.5 Å². The van der Waals surface area contributed by atoms with Crippen LogP contribution in [0.4, 0.5) is 5.69 Å². The largest absolute Gasteiger partial charge is 0.214 e. The molecule has 0 atom stereocenters. The normalized spacial score (nSPS) is 10.4. The summed E-state index contributed by atoms with van der Waals surface area (Å²) < 4.78 is 1.42. The number of rotatable bonds is 5. The van der Waals surface area contributed by atoms with E-state index in [-0.39, 0.29) is 30.2 Å². The first-order chi connectivity index (χ1) is 19.8. The Balaban J connectivity index is 0.000000263. The fraction of sp³-hybridized carbons (Fsp3) is 0.205. The topological polar surface area (TPSA) is 3.24 Å². The summed E-state index contributed by atoms with van der Waals surface area (Å²) in [5, 5.41) is 5.45. The first-order valence-corrected chi connectivity index (χ1v) is 15.8. The first-order valence-electron chi connectivity index (χ1n) is 14.6.